The van der Waals surface area contributed by atoms with Crippen molar-refractivity contribution in [3.8, 4) is 5.75 Å². The molecule has 4 nitrogen and oxygen atoms in total. The average molecular weight is 290 g/mol. The highest BCUT2D eigenvalue weighted by Gasteiger charge is 2.29. The third kappa shape index (κ3) is 4.21. The highest BCUT2D eigenvalue weighted by Crippen LogP contribution is 2.23. The predicted molar refractivity (Wildman–Crippen MR) is 84.1 cm³/mol. The highest BCUT2D eigenvalue weighted by molar-refractivity contribution is 5.78. The number of carbonyl (C=O) groups is 1. The number of amides is 1. The van der Waals surface area contributed by atoms with Crippen LogP contribution in [0.1, 0.15) is 44.7 Å². The smallest absolute Gasteiger partial charge is 0.222 e. The van der Waals surface area contributed by atoms with Crippen LogP contribution in [0.15, 0.2) is 24.3 Å². The monoisotopic (exact) mass is 290 g/mol. The molecule has 0 bridgehead atoms. The summed E-state index contributed by atoms with van der Waals surface area (Å²) in [6, 6.07) is 7.75. The first-order chi connectivity index (χ1) is 10.1. The van der Waals surface area contributed by atoms with Gasteiger partial charge in [-0.15, -0.1) is 0 Å². The fourth-order valence-electron chi connectivity index (χ4n) is 2.68. The third-order valence-electron chi connectivity index (χ3n) is 4.07. The molecule has 1 aromatic carbocycles. The molecule has 0 spiro atoms. The van der Waals surface area contributed by atoms with Gasteiger partial charge in [0.2, 0.25) is 5.91 Å². The van der Waals surface area contributed by atoms with Crippen molar-refractivity contribution in [1.82, 2.24) is 4.90 Å². The molecule has 0 aromatic heterocycles. The van der Waals surface area contributed by atoms with Gasteiger partial charge in [-0.25, -0.2) is 0 Å². The van der Waals surface area contributed by atoms with E-state index in [1.165, 1.54) is 0 Å². The Hall–Kier alpha value is -1.55. The first-order valence-corrected chi connectivity index (χ1v) is 7.90. The molecule has 0 aliphatic carbocycles. The zero-order valence-electron chi connectivity index (χ0n) is 13.0. The summed E-state index contributed by atoms with van der Waals surface area (Å²) in [7, 11) is 0. The lowest BCUT2D eigenvalue weighted by Crippen LogP contribution is -2.33. The van der Waals surface area contributed by atoms with Crippen LogP contribution in [0, 0.1) is 5.92 Å². The highest BCUT2D eigenvalue weighted by atomic mass is 16.5. The largest absolute Gasteiger partial charge is 0.494 e. The molecular formula is C17H26N2O2. The molecule has 21 heavy (non-hydrogen) atoms. The number of likely N-dealkylation sites (tertiary alicyclic amines) is 1. The SMILES string of the molecule is CCCOc1ccc(C(N)CN2CC(CC)CC2=O)cc1. The van der Waals surface area contributed by atoms with Crippen LogP contribution in [0.2, 0.25) is 0 Å². The Labute approximate surface area is 127 Å². The Balaban J connectivity index is 1.91. The predicted octanol–water partition coefficient (Wildman–Crippen LogP) is 2.73. The summed E-state index contributed by atoms with van der Waals surface area (Å²) >= 11 is 0. The first-order valence-electron chi connectivity index (χ1n) is 7.90. The van der Waals surface area contributed by atoms with E-state index in [-0.39, 0.29) is 11.9 Å². The van der Waals surface area contributed by atoms with E-state index < -0.39 is 0 Å². The van der Waals surface area contributed by atoms with Crippen molar-refractivity contribution >= 4 is 5.91 Å². The Morgan fingerprint density at radius 2 is 2.05 bits per heavy atom. The van der Waals surface area contributed by atoms with Gasteiger partial charge >= 0.3 is 0 Å². The quantitative estimate of drug-likeness (QED) is 0.840. The van der Waals surface area contributed by atoms with E-state index in [9.17, 15) is 4.79 Å². The maximum absolute atomic E-state index is 11.9. The van der Waals surface area contributed by atoms with Gasteiger partial charge in [-0.2, -0.15) is 0 Å². The van der Waals surface area contributed by atoms with Crippen LogP contribution in [0.5, 0.6) is 5.75 Å². The second kappa shape index (κ2) is 7.46. The fraction of sp³-hybridized carbons (Fsp3) is 0.588. The molecule has 2 atom stereocenters. The number of benzene rings is 1. The summed E-state index contributed by atoms with van der Waals surface area (Å²) in [5.74, 6) is 1.60. The summed E-state index contributed by atoms with van der Waals surface area (Å²) in [5, 5.41) is 0. The Morgan fingerprint density at radius 3 is 2.62 bits per heavy atom. The number of rotatable bonds is 7. The van der Waals surface area contributed by atoms with Gasteiger partial charge in [0.15, 0.2) is 0 Å². The lowest BCUT2D eigenvalue weighted by Gasteiger charge is -2.21. The molecule has 1 amide bonds. The molecule has 1 heterocycles. The van der Waals surface area contributed by atoms with Crippen molar-refractivity contribution in [3.05, 3.63) is 29.8 Å². The first kappa shape index (κ1) is 15.8. The van der Waals surface area contributed by atoms with Crippen molar-refractivity contribution in [3.63, 3.8) is 0 Å². The second-order valence-corrected chi connectivity index (χ2v) is 5.80. The van der Waals surface area contributed by atoms with Crippen molar-refractivity contribution in [2.24, 2.45) is 11.7 Å². The van der Waals surface area contributed by atoms with Crippen LogP contribution in [0.25, 0.3) is 0 Å². The molecule has 4 heteroatoms. The number of ether oxygens (including phenoxy) is 1. The van der Waals surface area contributed by atoms with Gasteiger partial charge in [-0.05, 0) is 30.0 Å². The average Bonchev–Trinajstić information content (AvgIpc) is 2.86. The summed E-state index contributed by atoms with van der Waals surface area (Å²) in [4.78, 5) is 13.8. The molecule has 1 saturated heterocycles. The van der Waals surface area contributed by atoms with Gasteiger partial charge in [0.1, 0.15) is 5.75 Å². The lowest BCUT2D eigenvalue weighted by molar-refractivity contribution is -0.127. The van der Waals surface area contributed by atoms with Crippen LogP contribution >= 0.6 is 0 Å². The molecule has 1 aromatic rings. The van der Waals surface area contributed by atoms with E-state index in [1.54, 1.807) is 0 Å². The molecule has 2 unspecified atom stereocenters. The maximum Gasteiger partial charge on any atom is 0.222 e. The third-order valence-corrected chi connectivity index (χ3v) is 4.07. The van der Waals surface area contributed by atoms with E-state index in [1.807, 2.05) is 29.2 Å². The Morgan fingerprint density at radius 1 is 1.33 bits per heavy atom. The van der Waals surface area contributed by atoms with Crippen molar-refractivity contribution in [2.45, 2.75) is 39.2 Å². The van der Waals surface area contributed by atoms with Gasteiger partial charge in [-0.3, -0.25) is 4.79 Å². The maximum atomic E-state index is 11.9. The molecular weight excluding hydrogens is 264 g/mol. The zero-order valence-corrected chi connectivity index (χ0v) is 13.0. The molecule has 2 N–H and O–H groups in total. The Kier molecular flexibility index (Phi) is 5.62. The summed E-state index contributed by atoms with van der Waals surface area (Å²) in [6.07, 6.45) is 2.73. The number of nitrogens with zero attached hydrogens (tertiary/aromatic N) is 1. The molecule has 0 radical (unpaired) electrons. The topological polar surface area (TPSA) is 55.6 Å². The van der Waals surface area contributed by atoms with Gasteiger partial charge < -0.3 is 15.4 Å². The van der Waals surface area contributed by atoms with Crippen molar-refractivity contribution in [1.29, 1.82) is 0 Å². The molecule has 0 saturated carbocycles. The summed E-state index contributed by atoms with van der Waals surface area (Å²) in [6.45, 7) is 6.40. The minimum absolute atomic E-state index is 0.134. The van der Waals surface area contributed by atoms with E-state index >= 15 is 0 Å². The fourth-order valence-corrected chi connectivity index (χ4v) is 2.68. The van der Waals surface area contributed by atoms with Crippen LogP contribution in [0.4, 0.5) is 0 Å². The minimum Gasteiger partial charge on any atom is -0.494 e. The molecule has 1 aliphatic heterocycles. The minimum atomic E-state index is -0.134. The van der Waals surface area contributed by atoms with E-state index in [0.717, 1.165) is 37.3 Å². The number of hydrogen-bond acceptors (Lipinski definition) is 3. The van der Waals surface area contributed by atoms with Crippen LogP contribution in [-0.2, 0) is 4.79 Å². The number of nitrogens with two attached hydrogens (primary N) is 1. The van der Waals surface area contributed by atoms with E-state index in [2.05, 4.69) is 13.8 Å². The number of carbonyl (C=O) groups excluding carboxylic acids is 1. The zero-order chi connectivity index (χ0) is 15.2. The van der Waals surface area contributed by atoms with Crippen LogP contribution in [0.3, 0.4) is 0 Å². The van der Waals surface area contributed by atoms with Crippen LogP contribution in [-0.4, -0.2) is 30.5 Å². The van der Waals surface area contributed by atoms with Crippen molar-refractivity contribution in [2.75, 3.05) is 19.7 Å². The summed E-state index contributed by atoms with van der Waals surface area (Å²) in [5.41, 5.74) is 7.29. The Bertz CT molecular complexity index is 458. The van der Waals surface area contributed by atoms with Gasteiger partial charge in [-0.1, -0.05) is 32.4 Å². The van der Waals surface area contributed by atoms with Gasteiger partial charge in [0, 0.05) is 25.6 Å². The van der Waals surface area contributed by atoms with E-state index in [4.69, 9.17) is 10.5 Å². The van der Waals surface area contributed by atoms with E-state index in [0.29, 0.717) is 18.9 Å². The second-order valence-electron chi connectivity index (χ2n) is 5.80. The summed E-state index contributed by atoms with van der Waals surface area (Å²) < 4.78 is 5.56. The lowest BCUT2D eigenvalue weighted by atomic mass is 10.1. The standard InChI is InChI=1S/C17H26N2O2/c1-3-9-21-15-7-5-14(6-8-15)16(18)12-19-11-13(4-2)10-17(19)20/h5-8,13,16H,3-4,9-12,18H2,1-2H3. The van der Waals surface area contributed by atoms with Crippen LogP contribution < -0.4 is 10.5 Å². The molecule has 2 rings (SSSR count). The van der Waals surface area contributed by atoms with Gasteiger partial charge in [0.25, 0.3) is 0 Å². The van der Waals surface area contributed by atoms with Gasteiger partial charge in [0.05, 0.1) is 6.61 Å². The number of hydrogen-bond donors (Lipinski definition) is 1. The molecule has 1 aliphatic rings. The molecule has 116 valence electrons. The molecule has 1 fully saturated rings. The van der Waals surface area contributed by atoms with Crippen molar-refractivity contribution < 1.29 is 9.53 Å². The normalized spacial score (nSPS) is 19.9.